The van der Waals surface area contributed by atoms with Crippen LogP contribution in [0.4, 0.5) is 0 Å². The number of aliphatic hydroxyl groups excluding tert-OH is 2. The van der Waals surface area contributed by atoms with Crippen LogP contribution in [-0.4, -0.2) is 34.0 Å². The van der Waals surface area contributed by atoms with Gasteiger partial charge in [-0.2, -0.15) is 0 Å². The highest BCUT2D eigenvalue weighted by molar-refractivity contribution is 5.90. The minimum Gasteiger partial charge on any atom is -0.392 e. The Bertz CT molecular complexity index is 767. The summed E-state index contributed by atoms with van der Waals surface area (Å²) < 4.78 is 0. The highest BCUT2D eigenvalue weighted by Gasteiger charge is 2.72. The first-order valence-electron chi connectivity index (χ1n) is 10.9. The number of Topliss-reactive ketones (excluding diaryl/α,β-unsaturated/α-hetero) is 2. The molecule has 4 aliphatic rings. The lowest BCUT2D eigenvalue weighted by Gasteiger charge is -2.64. The van der Waals surface area contributed by atoms with Gasteiger partial charge in [-0.3, -0.25) is 9.59 Å². The van der Waals surface area contributed by atoms with E-state index in [1.807, 2.05) is 0 Å². The molecule has 0 radical (unpaired) electrons. The van der Waals surface area contributed by atoms with Gasteiger partial charge < -0.3 is 10.2 Å². The topological polar surface area (TPSA) is 74.6 Å². The third-order valence-electron chi connectivity index (χ3n) is 10.0. The molecule has 0 aromatic rings. The fourth-order valence-corrected chi connectivity index (χ4v) is 8.21. The zero-order valence-electron chi connectivity index (χ0n) is 18.2. The summed E-state index contributed by atoms with van der Waals surface area (Å²) in [5.41, 5.74) is -0.300. The highest BCUT2D eigenvalue weighted by atomic mass is 16.3. The van der Waals surface area contributed by atoms with Crippen LogP contribution in [0.1, 0.15) is 73.6 Å². The second-order valence-corrected chi connectivity index (χ2v) is 11.4. The lowest BCUT2D eigenvalue weighted by atomic mass is 9.39. The van der Waals surface area contributed by atoms with Crippen LogP contribution < -0.4 is 0 Å². The quantitative estimate of drug-likeness (QED) is 0.672. The van der Waals surface area contributed by atoms with Crippen molar-refractivity contribution in [3.8, 4) is 0 Å². The maximum atomic E-state index is 13.8. The first-order chi connectivity index (χ1) is 12.8. The Balaban J connectivity index is 1.86. The van der Waals surface area contributed by atoms with E-state index < -0.39 is 22.9 Å². The summed E-state index contributed by atoms with van der Waals surface area (Å²) in [6.07, 6.45) is 4.54. The zero-order valence-corrected chi connectivity index (χ0v) is 18.2. The smallest absolute Gasteiger partial charge is 0.140 e. The van der Waals surface area contributed by atoms with Crippen LogP contribution in [-0.2, 0) is 9.59 Å². The summed E-state index contributed by atoms with van der Waals surface area (Å²) >= 11 is 0. The maximum Gasteiger partial charge on any atom is 0.140 e. The molecule has 156 valence electrons. The molecule has 0 bridgehead atoms. The first kappa shape index (κ1) is 20.3. The Morgan fingerprint density at radius 2 is 1.71 bits per heavy atom. The molecule has 3 saturated carbocycles. The summed E-state index contributed by atoms with van der Waals surface area (Å²) in [6, 6.07) is 0. The number of ketones is 2. The molecule has 3 fully saturated rings. The summed E-state index contributed by atoms with van der Waals surface area (Å²) in [5, 5.41) is 21.4. The summed E-state index contributed by atoms with van der Waals surface area (Å²) in [6.45, 7) is 12.2. The van der Waals surface area contributed by atoms with E-state index in [4.69, 9.17) is 0 Å². The fraction of sp³-hybridized carbons (Fsp3) is 0.833. The van der Waals surface area contributed by atoms with E-state index in [9.17, 15) is 19.8 Å². The van der Waals surface area contributed by atoms with Gasteiger partial charge in [-0.15, -0.1) is 0 Å². The monoisotopic (exact) mass is 388 g/mol. The lowest BCUT2D eigenvalue weighted by Crippen LogP contribution is -2.63. The standard InChI is InChI=1S/C24H36O4/c1-13(25)20-16(26)11-22(4)17-9-7-14-15(8-10-18(27)21(14,2)3)24(17,6)19(28)12-23(20,22)5/h7,15-18,20,26-27H,8-12H2,1-6H3/t15-,16-,17-,18-,20+,22+,23-,24+/m1/s1. The van der Waals surface area contributed by atoms with Crippen molar-refractivity contribution >= 4 is 11.6 Å². The zero-order chi connectivity index (χ0) is 20.9. The average Bonchev–Trinajstić information content (AvgIpc) is 2.77. The molecule has 8 atom stereocenters. The van der Waals surface area contributed by atoms with Gasteiger partial charge in [0, 0.05) is 23.2 Å². The predicted octanol–water partition coefficient (Wildman–Crippen LogP) is 3.69. The Kier molecular flexibility index (Phi) is 4.19. The molecule has 4 heteroatoms. The second kappa shape index (κ2) is 5.78. The molecule has 4 nitrogen and oxygen atoms in total. The molecule has 0 aliphatic heterocycles. The van der Waals surface area contributed by atoms with Crippen LogP contribution in [0.15, 0.2) is 11.6 Å². The van der Waals surface area contributed by atoms with Gasteiger partial charge >= 0.3 is 0 Å². The Hall–Kier alpha value is -1.00. The molecule has 4 rings (SSSR count). The molecule has 0 aromatic heterocycles. The number of aliphatic hydroxyl groups is 2. The van der Waals surface area contributed by atoms with Crippen LogP contribution in [0.5, 0.6) is 0 Å². The minimum atomic E-state index is -0.669. The van der Waals surface area contributed by atoms with E-state index in [-0.39, 0.29) is 40.3 Å². The predicted molar refractivity (Wildman–Crippen MR) is 107 cm³/mol. The molecule has 0 saturated heterocycles. The minimum absolute atomic E-state index is 0.00379. The van der Waals surface area contributed by atoms with Crippen LogP contribution >= 0.6 is 0 Å². The molecule has 2 N–H and O–H groups in total. The van der Waals surface area contributed by atoms with Crippen molar-refractivity contribution < 1.29 is 19.8 Å². The van der Waals surface area contributed by atoms with E-state index in [1.54, 1.807) is 6.92 Å². The van der Waals surface area contributed by atoms with Gasteiger partial charge in [-0.05, 0) is 55.3 Å². The second-order valence-electron chi connectivity index (χ2n) is 11.4. The number of fused-ring (bicyclic) bond motifs is 5. The third kappa shape index (κ3) is 2.14. The molecule has 0 unspecified atom stereocenters. The first-order valence-corrected chi connectivity index (χ1v) is 10.9. The number of carbonyl (C=O) groups excluding carboxylic acids is 2. The molecule has 28 heavy (non-hydrogen) atoms. The van der Waals surface area contributed by atoms with Crippen molar-refractivity contribution in [2.75, 3.05) is 0 Å². The third-order valence-corrected chi connectivity index (χ3v) is 10.0. The van der Waals surface area contributed by atoms with E-state index in [2.05, 4.69) is 40.7 Å². The van der Waals surface area contributed by atoms with Crippen molar-refractivity contribution in [1.82, 2.24) is 0 Å². The average molecular weight is 389 g/mol. The summed E-state index contributed by atoms with van der Waals surface area (Å²) in [4.78, 5) is 26.2. The van der Waals surface area contributed by atoms with Crippen molar-refractivity contribution in [1.29, 1.82) is 0 Å². The normalized spacial score (nSPS) is 52.4. The molecule has 0 aromatic carbocycles. The van der Waals surface area contributed by atoms with Crippen molar-refractivity contribution in [2.45, 2.75) is 85.9 Å². The van der Waals surface area contributed by atoms with Gasteiger partial charge in [0.25, 0.3) is 0 Å². The number of allylic oxidation sites excluding steroid dienone is 1. The van der Waals surface area contributed by atoms with Gasteiger partial charge in [-0.25, -0.2) is 0 Å². The SMILES string of the molecule is CC(=O)[C@H]1[C@H](O)C[C@@]2(C)[C@H]3CC=C4[C@@H](CC[C@@H](O)C4(C)C)[C@]3(C)C(=O)C[C@]12C. The van der Waals surface area contributed by atoms with Crippen LogP contribution in [0.2, 0.25) is 0 Å². The largest absolute Gasteiger partial charge is 0.392 e. The lowest BCUT2D eigenvalue weighted by molar-refractivity contribution is -0.171. The molecule has 0 amide bonds. The van der Waals surface area contributed by atoms with Gasteiger partial charge in [0.1, 0.15) is 11.6 Å². The molecule has 0 heterocycles. The summed E-state index contributed by atoms with van der Waals surface area (Å²) in [5.74, 6) is 0.0581. The van der Waals surface area contributed by atoms with E-state index in [1.165, 1.54) is 5.57 Å². The number of hydrogen-bond donors (Lipinski definition) is 2. The van der Waals surface area contributed by atoms with Crippen LogP contribution in [0, 0.1) is 39.4 Å². The Labute approximate surface area is 168 Å². The van der Waals surface area contributed by atoms with Crippen molar-refractivity contribution in [3.63, 3.8) is 0 Å². The van der Waals surface area contributed by atoms with E-state index in [0.29, 0.717) is 12.8 Å². The van der Waals surface area contributed by atoms with Gasteiger partial charge in [-0.1, -0.05) is 46.3 Å². The van der Waals surface area contributed by atoms with Gasteiger partial charge in [0.2, 0.25) is 0 Å². The van der Waals surface area contributed by atoms with Gasteiger partial charge in [0.05, 0.1) is 12.2 Å². The van der Waals surface area contributed by atoms with Crippen LogP contribution in [0.3, 0.4) is 0 Å². The summed E-state index contributed by atoms with van der Waals surface area (Å²) in [7, 11) is 0. The van der Waals surface area contributed by atoms with Crippen molar-refractivity contribution in [3.05, 3.63) is 11.6 Å². The van der Waals surface area contributed by atoms with Gasteiger partial charge in [0.15, 0.2) is 0 Å². The number of hydrogen-bond acceptors (Lipinski definition) is 4. The number of carbonyl (C=O) groups is 2. The molecular formula is C24H36O4. The molecule has 0 spiro atoms. The van der Waals surface area contributed by atoms with Crippen LogP contribution in [0.25, 0.3) is 0 Å². The fourth-order valence-electron chi connectivity index (χ4n) is 8.21. The highest BCUT2D eigenvalue weighted by Crippen LogP contribution is 2.73. The van der Waals surface area contributed by atoms with Crippen molar-refractivity contribution in [2.24, 2.45) is 39.4 Å². The molecule has 4 aliphatic carbocycles. The Morgan fingerprint density at radius 3 is 2.32 bits per heavy atom. The molecular weight excluding hydrogens is 352 g/mol. The Morgan fingerprint density at radius 1 is 1.07 bits per heavy atom. The maximum absolute atomic E-state index is 13.8. The van der Waals surface area contributed by atoms with E-state index in [0.717, 1.165) is 19.3 Å². The van der Waals surface area contributed by atoms with E-state index >= 15 is 0 Å². The number of rotatable bonds is 1.